The van der Waals surface area contributed by atoms with E-state index in [4.69, 9.17) is 5.11 Å². The van der Waals surface area contributed by atoms with Gasteiger partial charge in [0, 0.05) is 17.1 Å². The molecule has 1 atom stereocenters. The summed E-state index contributed by atoms with van der Waals surface area (Å²) in [6.45, 7) is 3.87. The summed E-state index contributed by atoms with van der Waals surface area (Å²) in [5.41, 5.74) is 2.21. The standard InChI is InChI=1S/C9H13NO2S/c1-6-4-13-5-8(6)10-7(2)3-9(11)12/h4-5,7,10H,3H2,1-2H3,(H,11,12). The molecule has 0 spiro atoms. The van der Waals surface area contributed by atoms with E-state index in [1.54, 1.807) is 11.3 Å². The van der Waals surface area contributed by atoms with Gasteiger partial charge in [-0.2, -0.15) is 0 Å². The highest BCUT2D eigenvalue weighted by atomic mass is 32.1. The van der Waals surface area contributed by atoms with Crippen LogP contribution in [0.2, 0.25) is 0 Å². The van der Waals surface area contributed by atoms with E-state index >= 15 is 0 Å². The quantitative estimate of drug-likeness (QED) is 0.782. The molecule has 1 aromatic heterocycles. The van der Waals surface area contributed by atoms with Gasteiger partial charge in [-0.1, -0.05) is 0 Å². The van der Waals surface area contributed by atoms with E-state index in [-0.39, 0.29) is 12.5 Å². The number of aryl methyl sites for hydroxylation is 1. The van der Waals surface area contributed by atoms with Crippen molar-refractivity contribution in [2.24, 2.45) is 0 Å². The van der Waals surface area contributed by atoms with Gasteiger partial charge in [0.1, 0.15) is 0 Å². The second-order valence-electron chi connectivity index (χ2n) is 3.11. The van der Waals surface area contributed by atoms with Crippen molar-refractivity contribution < 1.29 is 9.90 Å². The van der Waals surface area contributed by atoms with E-state index in [0.717, 1.165) is 5.69 Å². The summed E-state index contributed by atoms with van der Waals surface area (Å²) in [5, 5.41) is 15.7. The molecule has 0 aliphatic carbocycles. The molecular formula is C9H13NO2S. The van der Waals surface area contributed by atoms with E-state index in [9.17, 15) is 4.79 Å². The third-order valence-corrected chi connectivity index (χ3v) is 2.60. The first-order chi connectivity index (χ1) is 6.09. The second-order valence-corrected chi connectivity index (χ2v) is 3.86. The van der Waals surface area contributed by atoms with E-state index in [1.165, 1.54) is 5.56 Å². The number of nitrogens with one attached hydrogen (secondary N) is 1. The van der Waals surface area contributed by atoms with Crippen LogP contribution in [0.25, 0.3) is 0 Å². The van der Waals surface area contributed by atoms with E-state index in [2.05, 4.69) is 5.32 Å². The fourth-order valence-electron chi connectivity index (χ4n) is 1.09. The number of hydrogen-bond donors (Lipinski definition) is 2. The van der Waals surface area contributed by atoms with Crippen LogP contribution in [0.3, 0.4) is 0 Å². The zero-order chi connectivity index (χ0) is 9.84. The Labute approximate surface area is 81.4 Å². The predicted octanol–water partition coefficient (Wildman–Crippen LogP) is 2.33. The van der Waals surface area contributed by atoms with E-state index in [1.807, 2.05) is 24.6 Å². The lowest BCUT2D eigenvalue weighted by molar-refractivity contribution is -0.137. The molecule has 0 saturated carbocycles. The first-order valence-corrected chi connectivity index (χ1v) is 5.05. The van der Waals surface area contributed by atoms with Crippen molar-refractivity contribution in [3.05, 3.63) is 16.3 Å². The summed E-state index contributed by atoms with van der Waals surface area (Å²) in [6.07, 6.45) is 0.148. The van der Waals surface area contributed by atoms with Crippen molar-refractivity contribution in [1.29, 1.82) is 0 Å². The number of rotatable bonds is 4. The zero-order valence-electron chi connectivity index (χ0n) is 7.70. The summed E-state index contributed by atoms with van der Waals surface area (Å²) < 4.78 is 0. The van der Waals surface area contributed by atoms with E-state index in [0.29, 0.717) is 0 Å². The van der Waals surface area contributed by atoms with Crippen molar-refractivity contribution in [3.8, 4) is 0 Å². The van der Waals surface area contributed by atoms with Gasteiger partial charge < -0.3 is 10.4 Å². The summed E-state index contributed by atoms with van der Waals surface area (Å²) in [4.78, 5) is 10.4. The maximum atomic E-state index is 10.4. The molecular weight excluding hydrogens is 186 g/mol. The van der Waals surface area contributed by atoms with Crippen LogP contribution in [0.15, 0.2) is 10.8 Å². The lowest BCUT2D eigenvalue weighted by atomic mass is 10.2. The SMILES string of the molecule is Cc1cscc1NC(C)CC(=O)O. The molecule has 13 heavy (non-hydrogen) atoms. The van der Waals surface area contributed by atoms with E-state index < -0.39 is 5.97 Å². The second kappa shape index (κ2) is 4.28. The molecule has 1 aromatic rings. The fraction of sp³-hybridized carbons (Fsp3) is 0.444. The van der Waals surface area contributed by atoms with Gasteiger partial charge >= 0.3 is 5.97 Å². The molecule has 0 aliphatic rings. The molecule has 72 valence electrons. The summed E-state index contributed by atoms with van der Waals surface area (Å²) in [6, 6.07) is -0.0224. The van der Waals surface area contributed by atoms with Crippen molar-refractivity contribution in [2.45, 2.75) is 26.3 Å². The summed E-state index contributed by atoms with van der Waals surface area (Å²) in [7, 11) is 0. The summed E-state index contributed by atoms with van der Waals surface area (Å²) >= 11 is 1.62. The Kier molecular flexibility index (Phi) is 3.31. The molecule has 0 fully saturated rings. The lowest BCUT2D eigenvalue weighted by Crippen LogP contribution is -2.19. The van der Waals surface area contributed by atoms with Crippen LogP contribution in [0, 0.1) is 6.92 Å². The highest BCUT2D eigenvalue weighted by Gasteiger charge is 2.08. The Morgan fingerprint density at radius 3 is 2.85 bits per heavy atom. The van der Waals surface area contributed by atoms with Crippen molar-refractivity contribution in [3.63, 3.8) is 0 Å². The molecule has 4 heteroatoms. The molecule has 1 unspecified atom stereocenters. The average molecular weight is 199 g/mol. The average Bonchev–Trinajstić information content (AvgIpc) is 2.34. The maximum absolute atomic E-state index is 10.4. The van der Waals surface area contributed by atoms with Gasteiger partial charge in [0.25, 0.3) is 0 Å². The topological polar surface area (TPSA) is 49.3 Å². The smallest absolute Gasteiger partial charge is 0.305 e. The van der Waals surface area contributed by atoms with Crippen LogP contribution in [-0.2, 0) is 4.79 Å². The Balaban J connectivity index is 2.49. The highest BCUT2D eigenvalue weighted by Crippen LogP contribution is 2.20. The van der Waals surface area contributed by atoms with Crippen LogP contribution in [0.1, 0.15) is 18.9 Å². The molecule has 1 heterocycles. The number of anilines is 1. The highest BCUT2D eigenvalue weighted by molar-refractivity contribution is 7.08. The van der Waals surface area contributed by atoms with Crippen LogP contribution in [0.4, 0.5) is 5.69 Å². The third-order valence-electron chi connectivity index (χ3n) is 1.74. The molecule has 1 rings (SSSR count). The third kappa shape index (κ3) is 3.06. The van der Waals surface area contributed by atoms with Crippen LogP contribution >= 0.6 is 11.3 Å². The monoisotopic (exact) mass is 199 g/mol. The normalized spacial score (nSPS) is 12.5. The van der Waals surface area contributed by atoms with Crippen molar-refractivity contribution in [2.75, 3.05) is 5.32 Å². The Bertz CT molecular complexity index is 296. The number of carboxylic acids is 1. The molecule has 2 N–H and O–H groups in total. The molecule has 3 nitrogen and oxygen atoms in total. The fourth-order valence-corrected chi connectivity index (χ4v) is 1.88. The van der Waals surface area contributed by atoms with Gasteiger partial charge in [-0.25, -0.2) is 0 Å². The Hall–Kier alpha value is -1.03. The predicted molar refractivity (Wildman–Crippen MR) is 54.4 cm³/mol. The van der Waals surface area contributed by atoms with Gasteiger partial charge in [-0.3, -0.25) is 4.79 Å². The molecule has 0 amide bonds. The van der Waals surface area contributed by atoms with Gasteiger partial charge in [0.05, 0.1) is 6.42 Å². The molecule has 0 bridgehead atoms. The van der Waals surface area contributed by atoms with Gasteiger partial charge in [-0.05, 0) is 24.8 Å². The van der Waals surface area contributed by atoms with Crippen molar-refractivity contribution >= 4 is 23.0 Å². The molecule has 0 aliphatic heterocycles. The maximum Gasteiger partial charge on any atom is 0.305 e. The Morgan fingerprint density at radius 2 is 2.38 bits per heavy atom. The minimum atomic E-state index is -0.770. The first-order valence-electron chi connectivity index (χ1n) is 4.10. The number of aliphatic carboxylic acids is 1. The van der Waals surface area contributed by atoms with Crippen LogP contribution in [0.5, 0.6) is 0 Å². The number of carbonyl (C=O) groups is 1. The van der Waals surface area contributed by atoms with Crippen LogP contribution in [-0.4, -0.2) is 17.1 Å². The van der Waals surface area contributed by atoms with Gasteiger partial charge in [0.15, 0.2) is 0 Å². The number of carboxylic acid groups (broad SMARTS) is 1. The van der Waals surface area contributed by atoms with Gasteiger partial charge in [0.2, 0.25) is 0 Å². The molecule has 0 radical (unpaired) electrons. The number of hydrogen-bond acceptors (Lipinski definition) is 3. The first kappa shape index (κ1) is 10.1. The lowest BCUT2D eigenvalue weighted by Gasteiger charge is -2.12. The van der Waals surface area contributed by atoms with Crippen molar-refractivity contribution in [1.82, 2.24) is 0 Å². The van der Waals surface area contributed by atoms with Crippen LogP contribution < -0.4 is 5.32 Å². The Morgan fingerprint density at radius 1 is 1.69 bits per heavy atom. The zero-order valence-corrected chi connectivity index (χ0v) is 8.52. The largest absolute Gasteiger partial charge is 0.481 e. The van der Waals surface area contributed by atoms with Gasteiger partial charge in [-0.15, -0.1) is 11.3 Å². The summed E-state index contributed by atoms with van der Waals surface area (Å²) in [5.74, 6) is -0.770. The minimum Gasteiger partial charge on any atom is -0.481 e. The molecule has 0 aromatic carbocycles. The minimum absolute atomic E-state index is 0.0224. The number of thiophene rings is 1. The molecule has 0 saturated heterocycles.